The Balaban J connectivity index is 1.59. The minimum atomic E-state index is -0.697. The second kappa shape index (κ2) is 6.16. The molecule has 1 aromatic rings. The third kappa shape index (κ3) is 3.27. The van der Waals surface area contributed by atoms with Gasteiger partial charge in [-0.15, -0.1) is 0 Å². The van der Waals surface area contributed by atoms with Gasteiger partial charge >= 0.3 is 5.97 Å². The SMILES string of the molecule is Cc1ccc2c(c1)C(N1CCN(CCC(=O)O)CC1)CC2. The molecule has 1 heterocycles. The first-order chi connectivity index (χ1) is 10.1. The molecule has 21 heavy (non-hydrogen) atoms. The highest BCUT2D eigenvalue weighted by Crippen LogP contribution is 2.36. The average molecular weight is 288 g/mol. The summed E-state index contributed by atoms with van der Waals surface area (Å²) in [5, 5.41) is 8.77. The zero-order valence-electron chi connectivity index (χ0n) is 12.7. The number of piperazine rings is 1. The number of aryl methyl sites for hydroxylation is 2. The quantitative estimate of drug-likeness (QED) is 0.921. The van der Waals surface area contributed by atoms with E-state index in [4.69, 9.17) is 5.11 Å². The average Bonchev–Trinajstić information content (AvgIpc) is 2.88. The second-order valence-electron chi connectivity index (χ2n) is 6.28. The predicted octanol–water partition coefficient (Wildman–Crippen LogP) is 2.07. The van der Waals surface area contributed by atoms with Crippen LogP contribution < -0.4 is 0 Å². The molecule has 1 N–H and O–H groups in total. The molecule has 1 saturated heterocycles. The van der Waals surface area contributed by atoms with Crippen molar-refractivity contribution in [1.82, 2.24) is 9.80 Å². The minimum absolute atomic E-state index is 0.255. The molecule has 0 bridgehead atoms. The number of nitrogens with zero attached hydrogens (tertiary/aromatic N) is 2. The Hall–Kier alpha value is -1.39. The predicted molar refractivity (Wildman–Crippen MR) is 82.5 cm³/mol. The van der Waals surface area contributed by atoms with E-state index in [0.717, 1.165) is 26.2 Å². The highest BCUT2D eigenvalue weighted by atomic mass is 16.4. The van der Waals surface area contributed by atoms with Crippen LogP contribution in [0.5, 0.6) is 0 Å². The van der Waals surface area contributed by atoms with E-state index in [-0.39, 0.29) is 6.42 Å². The maximum Gasteiger partial charge on any atom is 0.304 e. The number of rotatable bonds is 4. The van der Waals surface area contributed by atoms with Crippen molar-refractivity contribution < 1.29 is 9.90 Å². The summed E-state index contributed by atoms with van der Waals surface area (Å²) in [4.78, 5) is 15.5. The Labute approximate surface area is 126 Å². The van der Waals surface area contributed by atoms with Crippen molar-refractivity contribution in [1.29, 1.82) is 0 Å². The van der Waals surface area contributed by atoms with Gasteiger partial charge in [0.15, 0.2) is 0 Å². The first-order valence-electron chi connectivity index (χ1n) is 7.91. The van der Waals surface area contributed by atoms with Crippen LogP contribution in [0.25, 0.3) is 0 Å². The summed E-state index contributed by atoms with van der Waals surface area (Å²) in [6.45, 7) is 6.94. The largest absolute Gasteiger partial charge is 0.481 e. The smallest absolute Gasteiger partial charge is 0.304 e. The number of aliphatic carboxylic acids is 1. The molecule has 0 aromatic heterocycles. The number of hydrogen-bond acceptors (Lipinski definition) is 3. The molecule has 1 aliphatic heterocycles. The van der Waals surface area contributed by atoms with Crippen molar-refractivity contribution in [3.63, 3.8) is 0 Å². The van der Waals surface area contributed by atoms with Gasteiger partial charge in [0, 0.05) is 38.8 Å². The molecule has 0 amide bonds. The van der Waals surface area contributed by atoms with E-state index in [0.29, 0.717) is 12.6 Å². The van der Waals surface area contributed by atoms with Gasteiger partial charge in [0.05, 0.1) is 6.42 Å². The molecule has 0 saturated carbocycles. The lowest BCUT2D eigenvalue weighted by Gasteiger charge is -2.38. The highest BCUT2D eigenvalue weighted by Gasteiger charge is 2.30. The van der Waals surface area contributed by atoms with Gasteiger partial charge in [-0.1, -0.05) is 23.8 Å². The molecule has 1 aromatic carbocycles. The van der Waals surface area contributed by atoms with Gasteiger partial charge < -0.3 is 10.0 Å². The van der Waals surface area contributed by atoms with Gasteiger partial charge in [-0.05, 0) is 30.9 Å². The molecular weight excluding hydrogens is 264 g/mol. The fraction of sp³-hybridized carbons (Fsp3) is 0.588. The topological polar surface area (TPSA) is 43.8 Å². The van der Waals surface area contributed by atoms with Crippen molar-refractivity contribution in [2.75, 3.05) is 32.7 Å². The Morgan fingerprint density at radius 1 is 1.29 bits per heavy atom. The molecule has 114 valence electrons. The van der Waals surface area contributed by atoms with Gasteiger partial charge in [0.2, 0.25) is 0 Å². The van der Waals surface area contributed by atoms with Gasteiger partial charge in [-0.3, -0.25) is 9.69 Å². The van der Waals surface area contributed by atoms with Crippen LogP contribution in [0.15, 0.2) is 18.2 Å². The Morgan fingerprint density at radius 2 is 2.05 bits per heavy atom. The van der Waals surface area contributed by atoms with Crippen LogP contribution in [0.1, 0.15) is 35.6 Å². The summed E-state index contributed by atoms with van der Waals surface area (Å²) in [6.07, 6.45) is 2.68. The first-order valence-corrected chi connectivity index (χ1v) is 7.91. The van der Waals surface area contributed by atoms with Gasteiger partial charge in [0.1, 0.15) is 0 Å². The summed E-state index contributed by atoms with van der Waals surface area (Å²) >= 11 is 0. The van der Waals surface area contributed by atoms with E-state index in [1.807, 2.05) is 0 Å². The third-order valence-electron chi connectivity index (χ3n) is 4.84. The van der Waals surface area contributed by atoms with E-state index in [1.54, 1.807) is 0 Å². The number of fused-ring (bicyclic) bond motifs is 1. The van der Waals surface area contributed by atoms with Crippen LogP contribution in [0.3, 0.4) is 0 Å². The van der Waals surface area contributed by atoms with Crippen LogP contribution in [0.2, 0.25) is 0 Å². The fourth-order valence-electron chi connectivity index (χ4n) is 3.63. The lowest BCUT2D eigenvalue weighted by Crippen LogP contribution is -2.47. The molecule has 4 heteroatoms. The molecule has 3 rings (SSSR count). The van der Waals surface area contributed by atoms with E-state index < -0.39 is 5.97 Å². The number of carboxylic acids is 1. The zero-order valence-corrected chi connectivity index (χ0v) is 12.7. The maximum absolute atomic E-state index is 10.6. The number of carbonyl (C=O) groups is 1. The van der Waals surface area contributed by atoms with Crippen molar-refractivity contribution in [2.24, 2.45) is 0 Å². The van der Waals surface area contributed by atoms with Gasteiger partial charge in [0.25, 0.3) is 0 Å². The normalized spacial score (nSPS) is 23.2. The van der Waals surface area contributed by atoms with E-state index in [2.05, 4.69) is 34.9 Å². The molecule has 1 atom stereocenters. The van der Waals surface area contributed by atoms with Crippen molar-refractivity contribution in [2.45, 2.75) is 32.2 Å². The molecule has 4 nitrogen and oxygen atoms in total. The first kappa shape index (κ1) is 14.5. The minimum Gasteiger partial charge on any atom is -0.481 e. The highest BCUT2D eigenvalue weighted by molar-refractivity contribution is 5.66. The second-order valence-corrected chi connectivity index (χ2v) is 6.28. The molecule has 0 radical (unpaired) electrons. The molecule has 1 fully saturated rings. The molecule has 2 aliphatic rings. The summed E-state index contributed by atoms with van der Waals surface area (Å²) in [5.41, 5.74) is 4.38. The van der Waals surface area contributed by atoms with Crippen LogP contribution in [0.4, 0.5) is 0 Å². The lowest BCUT2D eigenvalue weighted by molar-refractivity contribution is -0.137. The van der Waals surface area contributed by atoms with Gasteiger partial charge in [-0.25, -0.2) is 0 Å². The summed E-state index contributed by atoms with van der Waals surface area (Å²) in [6, 6.07) is 7.42. The summed E-state index contributed by atoms with van der Waals surface area (Å²) < 4.78 is 0. The van der Waals surface area contributed by atoms with E-state index in [9.17, 15) is 4.79 Å². The Morgan fingerprint density at radius 3 is 2.76 bits per heavy atom. The van der Waals surface area contributed by atoms with Crippen LogP contribution in [0, 0.1) is 6.92 Å². The summed E-state index contributed by atoms with van der Waals surface area (Å²) in [7, 11) is 0. The van der Waals surface area contributed by atoms with Crippen LogP contribution in [-0.4, -0.2) is 53.6 Å². The zero-order chi connectivity index (χ0) is 14.8. The van der Waals surface area contributed by atoms with E-state index >= 15 is 0 Å². The standard InChI is InChI=1S/C17H24N2O2/c1-13-2-3-14-4-5-16(15(14)12-13)19-10-8-18(9-11-19)7-6-17(20)21/h2-3,12,16H,4-11H2,1H3,(H,20,21). The molecule has 0 spiro atoms. The lowest BCUT2D eigenvalue weighted by atomic mass is 10.0. The summed E-state index contributed by atoms with van der Waals surface area (Å²) in [5.74, 6) is -0.697. The maximum atomic E-state index is 10.6. The number of benzene rings is 1. The Bertz CT molecular complexity index is 522. The third-order valence-corrected chi connectivity index (χ3v) is 4.84. The molecule has 1 aliphatic carbocycles. The number of hydrogen-bond donors (Lipinski definition) is 1. The van der Waals surface area contributed by atoms with Crippen molar-refractivity contribution in [3.8, 4) is 0 Å². The van der Waals surface area contributed by atoms with Crippen LogP contribution in [-0.2, 0) is 11.2 Å². The monoisotopic (exact) mass is 288 g/mol. The number of carboxylic acid groups (broad SMARTS) is 1. The van der Waals surface area contributed by atoms with Crippen molar-refractivity contribution in [3.05, 3.63) is 34.9 Å². The van der Waals surface area contributed by atoms with Crippen molar-refractivity contribution >= 4 is 5.97 Å². The fourth-order valence-corrected chi connectivity index (χ4v) is 3.63. The van der Waals surface area contributed by atoms with Gasteiger partial charge in [-0.2, -0.15) is 0 Å². The van der Waals surface area contributed by atoms with Crippen LogP contribution >= 0.6 is 0 Å². The molecular formula is C17H24N2O2. The Kier molecular flexibility index (Phi) is 4.27. The molecule has 1 unspecified atom stereocenters. The van der Waals surface area contributed by atoms with E-state index in [1.165, 1.54) is 29.5 Å².